The molecule has 0 aliphatic carbocycles. The van der Waals surface area contributed by atoms with Crippen molar-refractivity contribution in [3.05, 3.63) is 0 Å². The molecule has 1 aliphatic rings. The lowest BCUT2D eigenvalue weighted by atomic mass is 9.85. The van der Waals surface area contributed by atoms with Gasteiger partial charge in [-0.2, -0.15) is 0 Å². The minimum absolute atomic E-state index is 0.877. The molecule has 0 radical (unpaired) electrons. The second-order valence-corrected chi connectivity index (χ2v) is 4.29. The maximum Gasteiger partial charge on any atom is 0.0497 e. The molecule has 0 spiro atoms. The van der Waals surface area contributed by atoms with Crippen molar-refractivity contribution in [2.45, 2.75) is 52.4 Å². The normalized spacial score (nSPS) is 24.9. The van der Waals surface area contributed by atoms with Crippen molar-refractivity contribution in [3.63, 3.8) is 0 Å². The first-order chi connectivity index (χ1) is 6.38. The van der Waals surface area contributed by atoms with Crippen molar-refractivity contribution in [2.24, 2.45) is 11.8 Å². The molecule has 1 fully saturated rings. The highest BCUT2D eigenvalue weighted by molar-refractivity contribution is 4.72. The third-order valence-electron chi connectivity index (χ3n) is 3.33. The fourth-order valence-corrected chi connectivity index (χ4v) is 2.35. The smallest absolute Gasteiger partial charge is 0.0497 e. The summed E-state index contributed by atoms with van der Waals surface area (Å²) in [5.74, 6) is 1.82. The van der Waals surface area contributed by atoms with Crippen LogP contribution in [0.3, 0.4) is 0 Å². The van der Waals surface area contributed by atoms with E-state index in [1.165, 1.54) is 38.5 Å². The molecule has 0 saturated carbocycles. The van der Waals surface area contributed by atoms with Gasteiger partial charge in [-0.1, -0.05) is 46.0 Å². The van der Waals surface area contributed by atoms with Crippen LogP contribution in [-0.2, 0) is 4.74 Å². The van der Waals surface area contributed by atoms with Gasteiger partial charge in [0.1, 0.15) is 0 Å². The Morgan fingerprint density at radius 2 is 2.15 bits per heavy atom. The van der Waals surface area contributed by atoms with E-state index in [-0.39, 0.29) is 0 Å². The van der Waals surface area contributed by atoms with E-state index >= 15 is 0 Å². The number of hydrogen-bond donors (Lipinski definition) is 0. The van der Waals surface area contributed by atoms with Crippen LogP contribution in [0.4, 0.5) is 0 Å². The van der Waals surface area contributed by atoms with Gasteiger partial charge in [0.15, 0.2) is 0 Å². The highest BCUT2D eigenvalue weighted by Gasteiger charge is 2.23. The first-order valence-corrected chi connectivity index (χ1v) is 5.96. The van der Waals surface area contributed by atoms with E-state index < -0.39 is 0 Å². The average molecular weight is 184 g/mol. The summed E-state index contributed by atoms with van der Waals surface area (Å²) < 4.78 is 5.45. The molecule has 0 bridgehead atoms. The van der Waals surface area contributed by atoms with Gasteiger partial charge in [0.05, 0.1) is 0 Å². The molecule has 1 heterocycles. The minimum Gasteiger partial charge on any atom is -0.381 e. The molecule has 1 heteroatoms. The summed E-state index contributed by atoms with van der Waals surface area (Å²) >= 11 is 0. The van der Waals surface area contributed by atoms with E-state index in [1.54, 1.807) is 0 Å². The van der Waals surface area contributed by atoms with Gasteiger partial charge < -0.3 is 4.74 Å². The van der Waals surface area contributed by atoms with Crippen molar-refractivity contribution in [2.75, 3.05) is 13.2 Å². The fraction of sp³-hybridized carbons (Fsp3) is 1.00. The quantitative estimate of drug-likeness (QED) is 0.573. The van der Waals surface area contributed by atoms with Gasteiger partial charge in [0.2, 0.25) is 0 Å². The van der Waals surface area contributed by atoms with Gasteiger partial charge in [-0.3, -0.25) is 0 Å². The van der Waals surface area contributed by atoms with Crippen molar-refractivity contribution in [1.29, 1.82) is 0 Å². The summed E-state index contributed by atoms with van der Waals surface area (Å²) in [5, 5.41) is 0. The average Bonchev–Trinajstić information content (AvgIpc) is 2.65. The number of rotatable bonds is 6. The lowest BCUT2D eigenvalue weighted by Gasteiger charge is -2.20. The summed E-state index contributed by atoms with van der Waals surface area (Å²) in [4.78, 5) is 0. The largest absolute Gasteiger partial charge is 0.381 e. The molecule has 1 aliphatic heterocycles. The summed E-state index contributed by atoms with van der Waals surface area (Å²) in [6.45, 7) is 6.65. The standard InChI is InChI=1S/C12H24O/c1-3-5-6-7-11(4-2)12-8-9-13-10-12/h11-12H,3-10H2,1-2H3. The van der Waals surface area contributed by atoms with Gasteiger partial charge >= 0.3 is 0 Å². The van der Waals surface area contributed by atoms with Crippen molar-refractivity contribution >= 4 is 0 Å². The SMILES string of the molecule is CCCCCC(CC)C1CCOC1. The van der Waals surface area contributed by atoms with E-state index in [1.807, 2.05) is 0 Å². The van der Waals surface area contributed by atoms with Crippen LogP contribution in [0.15, 0.2) is 0 Å². The molecular formula is C12H24O. The molecule has 0 aromatic heterocycles. The van der Waals surface area contributed by atoms with E-state index in [0.29, 0.717) is 0 Å². The van der Waals surface area contributed by atoms with Crippen LogP contribution in [0.1, 0.15) is 52.4 Å². The monoisotopic (exact) mass is 184 g/mol. The van der Waals surface area contributed by atoms with Gasteiger partial charge in [-0.05, 0) is 18.3 Å². The van der Waals surface area contributed by atoms with Crippen LogP contribution in [-0.4, -0.2) is 13.2 Å². The highest BCUT2D eigenvalue weighted by atomic mass is 16.5. The Labute approximate surface area is 82.9 Å². The maximum absolute atomic E-state index is 5.45. The molecule has 2 atom stereocenters. The van der Waals surface area contributed by atoms with E-state index in [0.717, 1.165) is 25.0 Å². The summed E-state index contributed by atoms with van der Waals surface area (Å²) in [6.07, 6.45) is 8.26. The van der Waals surface area contributed by atoms with Crippen LogP contribution < -0.4 is 0 Å². The molecule has 0 aromatic carbocycles. The van der Waals surface area contributed by atoms with Crippen LogP contribution >= 0.6 is 0 Å². The number of unbranched alkanes of at least 4 members (excludes halogenated alkanes) is 2. The summed E-state index contributed by atoms with van der Waals surface area (Å²) in [6, 6.07) is 0. The lowest BCUT2D eigenvalue weighted by molar-refractivity contribution is 0.167. The Morgan fingerprint density at radius 1 is 1.31 bits per heavy atom. The zero-order chi connectivity index (χ0) is 9.52. The molecule has 78 valence electrons. The third-order valence-corrected chi connectivity index (χ3v) is 3.33. The molecule has 1 saturated heterocycles. The third kappa shape index (κ3) is 3.68. The van der Waals surface area contributed by atoms with E-state index in [2.05, 4.69) is 13.8 Å². The molecule has 13 heavy (non-hydrogen) atoms. The minimum atomic E-state index is 0.877. The fourth-order valence-electron chi connectivity index (χ4n) is 2.35. The van der Waals surface area contributed by atoms with Gasteiger partial charge in [0.25, 0.3) is 0 Å². The van der Waals surface area contributed by atoms with Crippen LogP contribution in [0, 0.1) is 11.8 Å². The van der Waals surface area contributed by atoms with Gasteiger partial charge in [-0.25, -0.2) is 0 Å². The van der Waals surface area contributed by atoms with Crippen molar-refractivity contribution < 1.29 is 4.74 Å². The van der Waals surface area contributed by atoms with Crippen LogP contribution in [0.25, 0.3) is 0 Å². The van der Waals surface area contributed by atoms with Gasteiger partial charge in [-0.15, -0.1) is 0 Å². The maximum atomic E-state index is 5.45. The molecule has 0 aromatic rings. The second-order valence-electron chi connectivity index (χ2n) is 4.29. The van der Waals surface area contributed by atoms with E-state index in [9.17, 15) is 0 Å². The topological polar surface area (TPSA) is 9.23 Å². The predicted octanol–water partition coefficient (Wildman–Crippen LogP) is 3.63. The van der Waals surface area contributed by atoms with Crippen molar-refractivity contribution in [3.8, 4) is 0 Å². The summed E-state index contributed by atoms with van der Waals surface area (Å²) in [5.41, 5.74) is 0. The Bertz CT molecular complexity index is 116. The Kier molecular flexibility index (Phi) is 5.45. The van der Waals surface area contributed by atoms with E-state index in [4.69, 9.17) is 4.74 Å². The highest BCUT2D eigenvalue weighted by Crippen LogP contribution is 2.28. The number of hydrogen-bond acceptors (Lipinski definition) is 1. The molecule has 2 unspecified atom stereocenters. The number of ether oxygens (including phenoxy) is 1. The molecule has 0 amide bonds. The molecular weight excluding hydrogens is 160 g/mol. The Morgan fingerprint density at radius 3 is 2.69 bits per heavy atom. The zero-order valence-electron chi connectivity index (χ0n) is 9.22. The Hall–Kier alpha value is -0.0400. The van der Waals surface area contributed by atoms with Crippen LogP contribution in [0.2, 0.25) is 0 Å². The van der Waals surface area contributed by atoms with Crippen LogP contribution in [0.5, 0.6) is 0 Å². The first-order valence-electron chi connectivity index (χ1n) is 5.96. The molecule has 0 N–H and O–H groups in total. The molecule has 1 nitrogen and oxygen atoms in total. The predicted molar refractivity (Wildman–Crippen MR) is 56.8 cm³/mol. The van der Waals surface area contributed by atoms with Crippen molar-refractivity contribution in [1.82, 2.24) is 0 Å². The second kappa shape index (κ2) is 6.42. The Balaban J connectivity index is 2.16. The van der Waals surface area contributed by atoms with Gasteiger partial charge in [0, 0.05) is 13.2 Å². The molecule has 1 rings (SSSR count). The zero-order valence-corrected chi connectivity index (χ0v) is 9.22. The first kappa shape index (κ1) is 11.0. The lowest BCUT2D eigenvalue weighted by Crippen LogP contribution is -2.14. The summed E-state index contributed by atoms with van der Waals surface area (Å²) in [7, 11) is 0.